The van der Waals surface area contributed by atoms with E-state index in [1.807, 2.05) is 41.6 Å². The van der Waals surface area contributed by atoms with E-state index in [-0.39, 0.29) is 11.9 Å². The van der Waals surface area contributed by atoms with Gasteiger partial charge in [-0.1, -0.05) is 0 Å². The number of hydrogen-bond donors (Lipinski definition) is 0. The minimum Gasteiger partial charge on any atom is -0.329 e. The van der Waals surface area contributed by atoms with Crippen LogP contribution in [0, 0.1) is 6.92 Å². The number of aromatic nitrogens is 3. The van der Waals surface area contributed by atoms with Crippen LogP contribution in [0.2, 0.25) is 0 Å². The summed E-state index contributed by atoms with van der Waals surface area (Å²) in [5.74, 6) is 0.136. The predicted octanol–water partition coefficient (Wildman–Crippen LogP) is 3.47. The van der Waals surface area contributed by atoms with Crippen molar-refractivity contribution in [2.45, 2.75) is 32.2 Å². The van der Waals surface area contributed by atoms with Gasteiger partial charge in [0, 0.05) is 18.8 Å². The van der Waals surface area contributed by atoms with Crippen LogP contribution in [-0.2, 0) is 0 Å². The third kappa shape index (κ3) is 2.53. The van der Waals surface area contributed by atoms with Crippen LogP contribution in [0.25, 0.3) is 5.65 Å². The molecule has 1 atom stereocenters. The van der Waals surface area contributed by atoms with E-state index in [0.717, 1.165) is 47.6 Å². The standard InChI is InChI=1S/C17H18N4OS/c1-12-7-11-23-16(12)17(22)20-9-3-2-4-14(20)13-6-10-21-15(19-13)5-8-18-21/h5-8,10-11,14H,2-4,9H2,1H3/t14-/m1/s1. The molecule has 0 radical (unpaired) electrons. The second kappa shape index (κ2) is 5.77. The minimum absolute atomic E-state index is 0.0534. The molecule has 0 unspecified atom stereocenters. The average Bonchev–Trinajstić information content (AvgIpc) is 3.22. The van der Waals surface area contributed by atoms with Gasteiger partial charge in [0.2, 0.25) is 0 Å². The van der Waals surface area contributed by atoms with Crippen molar-refractivity contribution in [1.29, 1.82) is 0 Å². The Morgan fingerprint density at radius 2 is 2.22 bits per heavy atom. The van der Waals surface area contributed by atoms with Gasteiger partial charge in [-0.3, -0.25) is 4.79 Å². The maximum atomic E-state index is 13.0. The maximum absolute atomic E-state index is 13.0. The summed E-state index contributed by atoms with van der Waals surface area (Å²) >= 11 is 1.53. The van der Waals surface area contributed by atoms with Gasteiger partial charge < -0.3 is 4.90 Å². The number of thiophene rings is 1. The van der Waals surface area contributed by atoms with E-state index in [9.17, 15) is 4.79 Å². The quantitative estimate of drug-likeness (QED) is 0.724. The molecule has 4 rings (SSSR count). The van der Waals surface area contributed by atoms with Crippen molar-refractivity contribution in [3.8, 4) is 0 Å². The Kier molecular flexibility index (Phi) is 3.61. The van der Waals surface area contributed by atoms with Gasteiger partial charge >= 0.3 is 0 Å². The third-order valence-electron chi connectivity index (χ3n) is 4.44. The summed E-state index contributed by atoms with van der Waals surface area (Å²) in [4.78, 5) is 20.5. The van der Waals surface area contributed by atoms with Crippen molar-refractivity contribution in [1.82, 2.24) is 19.5 Å². The molecular formula is C17H18N4OS. The fourth-order valence-electron chi connectivity index (χ4n) is 3.22. The highest BCUT2D eigenvalue weighted by molar-refractivity contribution is 7.12. The summed E-state index contributed by atoms with van der Waals surface area (Å²) in [5, 5.41) is 6.17. The monoisotopic (exact) mass is 326 g/mol. The lowest BCUT2D eigenvalue weighted by molar-refractivity contribution is 0.0610. The highest BCUT2D eigenvalue weighted by atomic mass is 32.1. The molecule has 0 aromatic carbocycles. The number of carbonyl (C=O) groups excluding carboxylic acids is 1. The highest BCUT2D eigenvalue weighted by Crippen LogP contribution is 2.32. The first-order valence-corrected chi connectivity index (χ1v) is 8.77. The van der Waals surface area contributed by atoms with Gasteiger partial charge in [0.1, 0.15) is 0 Å². The largest absolute Gasteiger partial charge is 0.329 e. The Bertz CT molecular complexity index is 853. The molecule has 5 nitrogen and oxygen atoms in total. The van der Waals surface area contributed by atoms with Crippen LogP contribution in [0.5, 0.6) is 0 Å². The van der Waals surface area contributed by atoms with Gasteiger partial charge in [0.05, 0.1) is 22.8 Å². The second-order valence-corrected chi connectivity index (χ2v) is 6.85. The number of carbonyl (C=O) groups is 1. The normalized spacial score (nSPS) is 18.5. The first kappa shape index (κ1) is 14.4. The molecule has 4 heterocycles. The Hall–Kier alpha value is -2.21. The number of fused-ring (bicyclic) bond motifs is 1. The van der Waals surface area contributed by atoms with Crippen molar-refractivity contribution in [3.05, 3.63) is 52.1 Å². The first-order chi connectivity index (χ1) is 11.2. The molecule has 0 aliphatic carbocycles. The number of hydrogen-bond acceptors (Lipinski definition) is 4. The zero-order valence-electron chi connectivity index (χ0n) is 13.0. The number of amides is 1. The molecule has 1 amide bonds. The number of rotatable bonds is 2. The first-order valence-electron chi connectivity index (χ1n) is 7.89. The Morgan fingerprint density at radius 3 is 3.04 bits per heavy atom. The van der Waals surface area contributed by atoms with Crippen LogP contribution in [0.3, 0.4) is 0 Å². The summed E-state index contributed by atoms with van der Waals surface area (Å²) in [5.41, 5.74) is 2.84. The molecule has 118 valence electrons. The van der Waals surface area contributed by atoms with Crippen LogP contribution in [0.15, 0.2) is 36.0 Å². The average molecular weight is 326 g/mol. The minimum atomic E-state index is 0.0534. The zero-order valence-corrected chi connectivity index (χ0v) is 13.8. The number of aryl methyl sites for hydroxylation is 1. The third-order valence-corrected chi connectivity index (χ3v) is 5.45. The van der Waals surface area contributed by atoms with Gasteiger partial charge in [-0.15, -0.1) is 11.3 Å². The van der Waals surface area contributed by atoms with Gasteiger partial charge in [0.15, 0.2) is 5.65 Å². The zero-order chi connectivity index (χ0) is 15.8. The fourth-order valence-corrected chi connectivity index (χ4v) is 4.10. The van der Waals surface area contributed by atoms with Gasteiger partial charge in [-0.25, -0.2) is 9.50 Å². The summed E-state index contributed by atoms with van der Waals surface area (Å²) < 4.78 is 1.75. The molecule has 3 aromatic heterocycles. The second-order valence-electron chi connectivity index (χ2n) is 5.93. The van der Waals surface area contributed by atoms with Crippen LogP contribution >= 0.6 is 11.3 Å². The maximum Gasteiger partial charge on any atom is 0.264 e. The smallest absolute Gasteiger partial charge is 0.264 e. The van der Waals surface area contributed by atoms with Gasteiger partial charge in [0.25, 0.3) is 5.91 Å². The number of likely N-dealkylation sites (tertiary alicyclic amines) is 1. The molecule has 0 saturated carbocycles. The van der Waals surface area contributed by atoms with Crippen LogP contribution in [0.1, 0.15) is 46.2 Å². The van der Waals surface area contributed by atoms with E-state index in [2.05, 4.69) is 5.10 Å². The van der Waals surface area contributed by atoms with Crippen LogP contribution in [-0.4, -0.2) is 31.9 Å². The highest BCUT2D eigenvalue weighted by Gasteiger charge is 2.30. The summed E-state index contributed by atoms with van der Waals surface area (Å²) in [6, 6.07) is 5.94. The number of nitrogens with zero attached hydrogens (tertiary/aromatic N) is 4. The molecule has 3 aromatic rings. The van der Waals surface area contributed by atoms with E-state index in [0.29, 0.717) is 0 Å². The molecule has 1 fully saturated rings. The van der Waals surface area contributed by atoms with Crippen molar-refractivity contribution in [2.24, 2.45) is 0 Å². The molecular weight excluding hydrogens is 308 g/mol. The van der Waals surface area contributed by atoms with Crippen molar-refractivity contribution in [3.63, 3.8) is 0 Å². The molecule has 23 heavy (non-hydrogen) atoms. The van der Waals surface area contributed by atoms with E-state index >= 15 is 0 Å². The SMILES string of the molecule is Cc1ccsc1C(=O)N1CCCC[C@@H]1c1ccn2nccc2n1. The number of piperidine rings is 1. The van der Waals surface area contributed by atoms with E-state index in [1.165, 1.54) is 11.3 Å². The molecule has 1 aliphatic heterocycles. The molecule has 6 heteroatoms. The van der Waals surface area contributed by atoms with Gasteiger partial charge in [-0.2, -0.15) is 5.10 Å². The topological polar surface area (TPSA) is 50.5 Å². The van der Waals surface area contributed by atoms with Gasteiger partial charge in [-0.05, 0) is 49.3 Å². The summed E-state index contributed by atoms with van der Waals surface area (Å²) in [6.07, 6.45) is 6.81. The lowest BCUT2D eigenvalue weighted by Gasteiger charge is -2.35. The van der Waals surface area contributed by atoms with Crippen molar-refractivity contribution in [2.75, 3.05) is 6.54 Å². The Morgan fingerprint density at radius 1 is 1.30 bits per heavy atom. The van der Waals surface area contributed by atoms with E-state index < -0.39 is 0 Å². The molecule has 1 saturated heterocycles. The Balaban J connectivity index is 1.70. The predicted molar refractivity (Wildman–Crippen MR) is 89.7 cm³/mol. The van der Waals surface area contributed by atoms with Crippen molar-refractivity contribution < 1.29 is 4.79 Å². The van der Waals surface area contributed by atoms with Crippen molar-refractivity contribution >= 4 is 22.9 Å². The summed E-state index contributed by atoms with van der Waals surface area (Å²) in [7, 11) is 0. The lowest BCUT2D eigenvalue weighted by Crippen LogP contribution is -2.38. The lowest BCUT2D eigenvalue weighted by atomic mass is 9.98. The van der Waals surface area contributed by atoms with E-state index in [4.69, 9.17) is 4.98 Å². The molecule has 0 bridgehead atoms. The molecule has 0 N–H and O–H groups in total. The molecule has 0 spiro atoms. The van der Waals surface area contributed by atoms with Crippen LogP contribution in [0.4, 0.5) is 0 Å². The Labute approximate surface area is 138 Å². The fraction of sp³-hybridized carbons (Fsp3) is 0.353. The molecule has 1 aliphatic rings. The summed E-state index contributed by atoms with van der Waals surface area (Å²) in [6.45, 7) is 2.80. The van der Waals surface area contributed by atoms with Crippen LogP contribution < -0.4 is 0 Å². The van der Waals surface area contributed by atoms with E-state index in [1.54, 1.807) is 10.7 Å².